The van der Waals surface area contributed by atoms with Crippen molar-refractivity contribution in [2.75, 3.05) is 11.9 Å². The fraction of sp³-hybridized carbons (Fsp3) is 0.467. The van der Waals surface area contributed by atoms with Crippen LogP contribution in [-0.4, -0.2) is 16.7 Å². The van der Waals surface area contributed by atoms with Crippen LogP contribution in [0.5, 0.6) is 0 Å². The Hall–Kier alpha value is -1.84. The average molecular weight is 255 g/mol. The van der Waals surface area contributed by atoms with E-state index in [1.54, 1.807) is 0 Å². The lowest BCUT2D eigenvalue weighted by Gasteiger charge is -2.23. The fourth-order valence-electron chi connectivity index (χ4n) is 2.76. The molecule has 98 valence electrons. The Morgan fingerprint density at radius 1 is 1.32 bits per heavy atom. The molecule has 1 aromatic heterocycles. The predicted octanol–water partition coefficient (Wildman–Crippen LogP) is 3.07. The maximum atomic E-state index is 5.54. The monoisotopic (exact) mass is 255 g/mol. The first-order chi connectivity index (χ1) is 9.26. The second-order valence-corrected chi connectivity index (χ2v) is 5.87. The van der Waals surface area contributed by atoms with Crippen LogP contribution < -0.4 is 5.32 Å². The molecule has 0 amide bonds. The summed E-state index contributed by atoms with van der Waals surface area (Å²) in [5.41, 5.74) is 2.63. The van der Waals surface area contributed by atoms with Crippen molar-refractivity contribution in [2.45, 2.75) is 37.5 Å². The summed E-state index contributed by atoms with van der Waals surface area (Å²) in [7, 11) is 0. The molecule has 0 radical (unpaired) electrons. The van der Waals surface area contributed by atoms with Gasteiger partial charge in [-0.2, -0.15) is 4.98 Å². The van der Waals surface area contributed by atoms with Crippen LogP contribution in [0.25, 0.3) is 0 Å². The van der Waals surface area contributed by atoms with Gasteiger partial charge in [0.1, 0.15) is 0 Å². The van der Waals surface area contributed by atoms with Crippen molar-refractivity contribution in [2.24, 2.45) is 0 Å². The van der Waals surface area contributed by atoms with E-state index >= 15 is 0 Å². The normalized spacial score (nSPS) is 23.5. The van der Waals surface area contributed by atoms with Gasteiger partial charge in [-0.05, 0) is 30.9 Å². The third kappa shape index (κ3) is 1.74. The minimum atomic E-state index is 0.175. The molecule has 19 heavy (non-hydrogen) atoms. The average Bonchev–Trinajstić information content (AvgIpc) is 3.02. The molecule has 1 saturated carbocycles. The number of benzene rings is 1. The number of anilines is 1. The smallest absolute Gasteiger partial charge is 0.234 e. The number of hydrogen-bond acceptors (Lipinski definition) is 4. The zero-order chi connectivity index (χ0) is 12.9. The number of aromatic nitrogens is 2. The Bertz CT molecular complexity index is 615. The minimum Gasteiger partial charge on any atom is -0.385 e. The van der Waals surface area contributed by atoms with Crippen molar-refractivity contribution in [1.29, 1.82) is 0 Å². The molecular weight excluding hydrogens is 238 g/mol. The zero-order valence-corrected chi connectivity index (χ0v) is 11.0. The molecule has 0 spiro atoms. The molecule has 1 atom stereocenters. The second-order valence-electron chi connectivity index (χ2n) is 5.87. The zero-order valence-electron chi connectivity index (χ0n) is 11.0. The van der Waals surface area contributed by atoms with Gasteiger partial charge in [0.15, 0.2) is 5.82 Å². The quantitative estimate of drug-likeness (QED) is 0.896. The molecule has 4 nitrogen and oxygen atoms in total. The maximum Gasteiger partial charge on any atom is 0.234 e. The van der Waals surface area contributed by atoms with E-state index in [2.05, 4.69) is 46.6 Å². The topological polar surface area (TPSA) is 51.0 Å². The van der Waals surface area contributed by atoms with E-state index in [4.69, 9.17) is 4.52 Å². The van der Waals surface area contributed by atoms with E-state index in [1.165, 1.54) is 24.1 Å². The van der Waals surface area contributed by atoms with Gasteiger partial charge in [-0.3, -0.25) is 0 Å². The predicted molar refractivity (Wildman–Crippen MR) is 72.3 cm³/mol. The van der Waals surface area contributed by atoms with Crippen LogP contribution in [0.4, 0.5) is 5.69 Å². The van der Waals surface area contributed by atoms with Gasteiger partial charge in [0.05, 0.1) is 5.92 Å². The molecule has 1 unspecified atom stereocenters. The van der Waals surface area contributed by atoms with E-state index in [0.29, 0.717) is 0 Å². The minimum absolute atomic E-state index is 0.175. The molecule has 1 aliphatic carbocycles. The van der Waals surface area contributed by atoms with Gasteiger partial charge in [-0.25, -0.2) is 0 Å². The highest BCUT2D eigenvalue weighted by molar-refractivity contribution is 5.56. The molecule has 1 aliphatic heterocycles. The Morgan fingerprint density at radius 2 is 2.16 bits per heavy atom. The lowest BCUT2D eigenvalue weighted by Crippen LogP contribution is -2.17. The summed E-state index contributed by atoms with van der Waals surface area (Å²) in [6, 6.07) is 8.38. The van der Waals surface area contributed by atoms with Crippen LogP contribution in [0.3, 0.4) is 0 Å². The summed E-state index contributed by atoms with van der Waals surface area (Å²) >= 11 is 0. The number of para-hydroxylation sites is 1. The Labute approximate surface area is 112 Å². The highest BCUT2D eigenvalue weighted by atomic mass is 16.5. The summed E-state index contributed by atoms with van der Waals surface area (Å²) in [5.74, 6) is 1.90. The summed E-state index contributed by atoms with van der Waals surface area (Å²) < 4.78 is 5.54. The maximum absolute atomic E-state index is 5.54. The first-order valence-corrected chi connectivity index (χ1v) is 6.93. The fourth-order valence-corrected chi connectivity index (χ4v) is 2.76. The molecule has 0 bridgehead atoms. The van der Waals surface area contributed by atoms with E-state index in [0.717, 1.165) is 24.7 Å². The van der Waals surface area contributed by atoms with Crippen LogP contribution in [0.1, 0.15) is 49.4 Å². The van der Waals surface area contributed by atoms with Gasteiger partial charge >= 0.3 is 0 Å². The standard InChI is InChI=1S/C15H17N3O/c1-15(7-8-15)14-17-13(19-18-14)11-6-9-16-12-5-3-2-4-10(11)12/h2-5,11,16H,6-9H2,1H3. The first-order valence-electron chi connectivity index (χ1n) is 6.93. The van der Waals surface area contributed by atoms with Crippen LogP contribution in [-0.2, 0) is 5.41 Å². The Balaban J connectivity index is 1.71. The molecule has 1 N–H and O–H groups in total. The largest absolute Gasteiger partial charge is 0.385 e. The SMILES string of the molecule is CC1(c2noc(C3CCNc4ccccc43)n2)CC1. The molecule has 2 aliphatic rings. The van der Waals surface area contributed by atoms with Crippen LogP contribution in [0.2, 0.25) is 0 Å². The van der Waals surface area contributed by atoms with Crippen molar-refractivity contribution < 1.29 is 4.52 Å². The van der Waals surface area contributed by atoms with E-state index < -0.39 is 0 Å². The van der Waals surface area contributed by atoms with Crippen LogP contribution in [0, 0.1) is 0 Å². The Morgan fingerprint density at radius 3 is 3.00 bits per heavy atom. The molecule has 2 aromatic rings. The highest BCUT2D eigenvalue weighted by Crippen LogP contribution is 2.46. The van der Waals surface area contributed by atoms with E-state index in [9.17, 15) is 0 Å². The summed E-state index contributed by atoms with van der Waals surface area (Å²) in [6.07, 6.45) is 3.36. The molecule has 2 heterocycles. The number of nitrogens with zero attached hydrogens (tertiary/aromatic N) is 2. The summed E-state index contributed by atoms with van der Waals surface area (Å²) in [6.45, 7) is 3.16. The van der Waals surface area contributed by atoms with Crippen molar-refractivity contribution in [3.05, 3.63) is 41.5 Å². The number of hydrogen-bond donors (Lipinski definition) is 1. The van der Waals surface area contributed by atoms with Crippen molar-refractivity contribution in [3.63, 3.8) is 0 Å². The lowest BCUT2D eigenvalue weighted by molar-refractivity contribution is 0.353. The lowest BCUT2D eigenvalue weighted by atomic mass is 9.91. The van der Waals surface area contributed by atoms with Gasteiger partial charge in [0.2, 0.25) is 5.89 Å². The summed E-state index contributed by atoms with van der Waals surface area (Å²) in [4.78, 5) is 4.66. The van der Waals surface area contributed by atoms with Gasteiger partial charge < -0.3 is 9.84 Å². The van der Waals surface area contributed by atoms with Gasteiger partial charge in [-0.15, -0.1) is 0 Å². The molecule has 1 aromatic carbocycles. The van der Waals surface area contributed by atoms with Gasteiger partial charge in [-0.1, -0.05) is 30.3 Å². The first kappa shape index (κ1) is 11.0. The molecule has 0 saturated heterocycles. The summed E-state index contributed by atoms with van der Waals surface area (Å²) in [5, 5.41) is 7.61. The second kappa shape index (κ2) is 3.83. The molecular formula is C15H17N3O. The molecule has 4 heteroatoms. The van der Waals surface area contributed by atoms with Crippen molar-refractivity contribution >= 4 is 5.69 Å². The number of fused-ring (bicyclic) bond motifs is 1. The molecule has 1 fully saturated rings. The molecule has 4 rings (SSSR count). The van der Waals surface area contributed by atoms with Crippen LogP contribution in [0.15, 0.2) is 28.8 Å². The Kier molecular flexibility index (Phi) is 2.22. The van der Waals surface area contributed by atoms with Crippen molar-refractivity contribution in [3.8, 4) is 0 Å². The number of rotatable bonds is 2. The third-order valence-corrected chi connectivity index (χ3v) is 4.36. The highest BCUT2D eigenvalue weighted by Gasteiger charge is 2.44. The van der Waals surface area contributed by atoms with E-state index in [1.807, 2.05) is 0 Å². The van der Waals surface area contributed by atoms with E-state index in [-0.39, 0.29) is 11.3 Å². The number of nitrogens with one attached hydrogen (secondary N) is 1. The third-order valence-electron chi connectivity index (χ3n) is 4.36. The van der Waals surface area contributed by atoms with Crippen LogP contribution >= 0.6 is 0 Å². The van der Waals surface area contributed by atoms with Gasteiger partial charge in [0, 0.05) is 17.6 Å². The van der Waals surface area contributed by atoms with Crippen molar-refractivity contribution in [1.82, 2.24) is 10.1 Å². The van der Waals surface area contributed by atoms with Gasteiger partial charge in [0.25, 0.3) is 0 Å².